The van der Waals surface area contributed by atoms with Crippen LogP contribution in [0.2, 0.25) is 5.02 Å². The molecule has 2 aromatic carbocycles. The maximum atomic E-state index is 13.2. The highest BCUT2D eigenvalue weighted by molar-refractivity contribution is 6.31. The lowest BCUT2D eigenvalue weighted by Gasteiger charge is -2.37. The summed E-state index contributed by atoms with van der Waals surface area (Å²) >= 11 is 6.23. The van der Waals surface area contributed by atoms with E-state index in [1.807, 2.05) is 48.7 Å². The third kappa shape index (κ3) is 4.29. The summed E-state index contributed by atoms with van der Waals surface area (Å²) in [6, 6.07) is 16.3. The average Bonchev–Trinajstić information content (AvgIpc) is 2.84. The number of piperazine rings is 1. The van der Waals surface area contributed by atoms with Crippen molar-refractivity contribution in [1.82, 2.24) is 15.0 Å². The molecule has 6 nitrogen and oxygen atoms in total. The highest BCUT2D eigenvalue weighted by Crippen LogP contribution is 2.26. The second kappa shape index (κ2) is 8.96. The Labute approximate surface area is 190 Å². The number of aromatic nitrogens is 3. The standard InChI is InChI=1S/C24H22ClFN6/c25-21-4-2-1-3-17(21)15-28-24-29-16-20-22(30-24)9-10-27-23(20)32-13-11-31(12-14-32)19-7-5-18(26)6-8-19/h1-10,16H,11-15H2,(H,28,29,30). The van der Waals surface area contributed by atoms with Gasteiger partial charge in [-0.2, -0.15) is 0 Å². The van der Waals surface area contributed by atoms with Crippen LogP contribution in [0.3, 0.4) is 0 Å². The molecule has 8 heteroatoms. The van der Waals surface area contributed by atoms with Crippen LogP contribution in [0.5, 0.6) is 0 Å². The first-order chi connectivity index (χ1) is 15.7. The molecule has 162 valence electrons. The molecule has 0 atom stereocenters. The maximum absolute atomic E-state index is 13.2. The molecule has 1 aliphatic heterocycles. The van der Waals surface area contributed by atoms with E-state index in [1.165, 1.54) is 12.1 Å². The van der Waals surface area contributed by atoms with Crippen LogP contribution in [0.4, 0.5) is 21.8 Å². The normalized spacial score (nSPS) is 14.1. The molecule has 32 heavy (non-hydrogen) atoms. The van der Waals surface area contributed by atoms with Gasteiger partial charge in [-0.25, -0.2) is 19.3 Å². The van der Waals surface area contributed by atoms with Crippen molar-refractivity contribution in [1.29, 1.82) is 0 Å². The predicted molar refractivity (Wildman–Crippen MR) is 127 cm³/mol. The molecule has 4 aromatic rings. The average molecular weight is 449 g/mol. The number of benzene rings is 2. The van der Waals surface area contributed by atoms with E-state index in [2.05, 4.69) is 30.1 Å². The molecule has 1 N–H and O–H groups in total. The predicted octanol–water partition coefficient (Wildman–Crippen LogP) is 4.76. The first-order valence-electron chi connectivity index (χ1n) is 10.5. The van der Waals surface area contributed by atoms with Gasteiger partial charge >= 0.3 is 0 Å². The minimum absolute atomic E-state index is 0.215. The molecule has 0 unspecified atom stereocenters. The Balaban J connectivity index is 1.30. The first-order valence-corrected chi connectivity index (χ1v) is 10.9. The number of anilines is 3. The number of hydrogen-bond donors (Lipinski definition) is 1. The summed E-state index contributed by atoms with van der Waals surface area (Å²) in [4.78, 5) is 18.3. The molecule has 2 aromatic heterocycles. The van der Waals surface area contributed by atoms with Gasteiger partial charge in [0.2, 0.25) is 5.95 Å². The van der Waals surface area contributed by atoms with E-state index >= 15 is 0 Å². The Bertz CT molecular complexity index is 1220. The fourth-order valence-corrected chi connectivity index (χ4v) is 4.13. The van der Waals surface area contributed by atoms with Crippen LogP contribution >= 0.6 is 11.6 Å². The van der Waals surface area contributed by atoms with Gasteiger partial charge < -0.3 is 15.1 Å². The Morgan fingerprint density at radius 3 is 2.44 bits per heavy atom. The van der Waals surface area contributed by atoms with Gasteiger partial charge in [0.1, 0.15) is 11.6 Å². The van der Waals surface area contributed by atoms with Gasteiger partial charge in [-0.15, -0.1) is 0 Å². The third-order valence-electron chi connectivity index (χ3n) is 5.65. The SMILES string of the molecule is Fc1ccc(N2CCN(c3nccc4nc(NCc5ccccc5Cl)ncc34)CC2)cc1. The molecule has 0 saturated carbocycles. The molecule has 3 heterocycles. The second-order valence-electron chi connectivity index (χ2n) is 7.66. The Morgan fingerprint density at radius 1 is 0.906 bits per heavy atom. The quantitative estimate of drug-likeness (QED) is 0.475. The molecule has 1 fully saturated rings. The fraction of sp³-hybridized carbons (Fsp3) is 0.208. The van der Waals surface area contributed by atoms with Gasteiger partial charge in [0.25, 0.3) is 0 Å². The number of pyridine rings is 1. The van der Waals surface area contributed by atoms with E-state index in [0.717, 1.165) is 54.2 Å². The van der Waals surface area contributed by atoms with Crippen LogP contribution in [0.25, 0.3) is 10.9 Å². The van der Waals surface area contributed by atoms with Gasteiger partial charge in [0.05, 0.1) is 10.9 Å². The summed E-state index contributed by atoms with van der Waals surface area (Å²) in [7, 11) is 0. The fourth-order valence-electron chi connectivity index (χ4n) is 3.92. The molecule has 0 amide bonds. The zero-order valence-corrected chi connectivity index (χ0v) is 18.1. The monoisotopic (exact) mass is 448 g/mol. The number of halogens is 2. The molecular formula is C24H22ClFN6. The second-order valence-corrected chi connectivity index (χ2v) is 8.06. The number of nitrogens with zero attached hydrogens (tertiary/aromatic N) is 5. The Morgan fingerprint density at radius 2 is 1.66 bits per heavy atom. The lowest BCUT2D eigenvalue weighted by Crippen LogP contribution is -2.46. The van der Waals surface area contributed by atoms with Crippen molar-refractivity contribution in [2.45, 2.75) is 6.54 Å². The summed E-state index contributed by atoms with van der Waals surface area (Å²) in [5.41, 5.74) is 2.87. The van der Waals surface area contributed by atoms with Gasteiger partial charge in [-0.1, -0.05) is 29.8 Å². The Hall–Kier alpha value is -3.45. The van der Waals surface area contributed by atoms with Crippen molar-refractivity contribution in [3.63, 3.8) is 0 Å². The minimum Gasteiger partial charge on any atom is -0.368 e. The summed E-state index contributed by atoms with van der Waals surface area (Å²) in [6.45, 7) is 3.85. The maximum Gasteiger partial charge on any atom is 0.223 e. The summed E-state index contributed by atoms with van der Waals surface area (Å²) in [6.07, 6.45) is 3.61. The minimum atomic E-state index is -0.215. The van der Waals surface area contributed by atoms with Gasteiger partial charge in [0, 0.05) is 55.8 Å². The van der Waals surface area contributed by atoms with Crippen molar-refractivity contribution >= 4 is 40.0 Å². The molecular weight excluding hydrogens is 427 g/mol. The first kappa shape index (κ1) is 20.5. The van der Waals surface area contributed by atoms with Crippen molar-refractivity contribution in [3.05, 3.63) is 83.4 Å². The van der Waals surface area contributed by atoms with Crippen molar-refractivity contribution in [3.8, 4) is 0 Å². The van der Waals surface area contributed by atoms with Crippen LogP contribution in [-0.4, -0.2) is 41.1 Å². The number of nitrogens with one attached hydrogen (secondary N) is 1. The van der Waals surface area contributed by atoms with Gasteiger partial charge in [0.15, 0.2) is 0 Å². The lowest BCUT2D eigenvalue weighted by molar-refractivity contribution is 0.624. The lowest BCUT2D eigenvalue weighted by atomic mass is 10.2. The molecule has 0 bridgehead atoms. The summed E-state index contributed by atoms with van der Waals surface area (Å²) in [5.74, 6) is 1.22. The van der Waals surface area contributed by atoms with E-state index in [4.69, 9.17) is 11.6 Å². The molecule has 0 aliphatic carbocycles. The number of hydrogen-bond acceptors (Lipinski definition) is 6. The molecule has 1 aliphatic rings. The summed E-state index contributed by atoms with van der Waals surface area (Å²) < 4.78 is 13.2. The highest BCUT2D eigenvalue weighted by Gasteiger charge is 2.20. The van der Waals surface area contributed by atoms with Gasteiger partial charge in [-0.05, 0) is 42.0 Å². The topological polar surface area (TPSA) is 57.2 Å². The number of fused-ring (bicyclic) bond motifs is 1. The summed E-state index contributed by atoms with van der Waals surface area (Å²) in [5, 5.41) is 4.88. The van der Waals surface area contributed by atoms with Crippen LogP contribution < -0.4 is 15.1 Å². The zero-order valence-electron chi connectivity index (χ0n) is 17.4. The third-order valence-corrected chi connectivity index (χ3v) is 6.02. The van der Waals surface area contributed by atoms with E-state index in [0.29, 0.717) is 17.5 Å². The highest BCUT2D eigenvalue weighted by atomic mass is 35.5. The molecule has 5 rings (SSSR count). The molecule has 0 spiro atoms. The van der Waals surface area contributed by atoms with Crippen LogP contribution in [0, 0.1) is 5.82 Å². The van der Waals surface area contributed by atoms with Crippen molar-refractivity contribution < 1.29 is 4.39 Å². The number of rotatable bonds is 5. The van der Waals surface area contributed by atoms with Crippen LogP contribution in [0.1, 0.15) is 5.56 Å². The van der Waals surface area contributed by atoms with E-state index < -0.39 is 0 Å². The molecule has 1 saturated heterocycles. The Kier molecular flexibility index (Phi) is 5.73. The van der Waals surface area contributed by atoms with Crippen LogP contribution in [-0.2, 0) is 6.54 Å². The van der Waals surface area contributed by atoms with E-state index in [-0.39, 0.29) is 5.82 Å². The van der Waals surface area contributed by atoms with E-state index in [1.54, 1.807) is 6.20 Å². The van der Waals surface area contributed by atoms with E-state index in [9.17, 15) is 4.39 Å². The molecule has 0 radical (unpaired) electrons. The van der Waals surface area contributed by atoms with Crippen LogP contribution in [0.15, 0.2) is 67.0 Å². The van der Waals surface area contributed by atoms with Gasteiger partial charge in [-0.3, -0.25) is 0 Å². The zero-order chi connectivity index (χ0) is 21.9. The van der Waals surface area contributed by atoms with Crippen molar-refractivity contribution in [2.75, 3.05) is 41.3 Å². The smallest absolute Gasteiger partial charge is 0.223 e. The van der Waals surface area contributed by atoms with Crippen molar-refractivity contribution in [2.24, 2.45) is 0 Å². The largest absolute Gasteiger partial charge is 0.368 e.